The van der Waals surface area contributed by atoms with Gasteiger partial charge in [-0.25, -0.2) is 0 Å². The predicted molar refractivity (Wildman–Crippen MR) is 107 cm³/mol. The second-order valence-corrected chi connectivity index (χ2v) is 8.38. The number of hydrogen-bond acceptors (Lipinski definition) is 8. The molecule has 0 aliphatic heterocycles. The van der Waals surface area contributed by atoms with E-state index in [4.69, 9.17) is 4.74 Å². The molecule has 9 heteroatoms. The minimum Gasteiger partial charge on any atom is -0.481 e. The quantitative estimate of drug-likeness (QED) is 0.404. The first kappa shape index (κ1) is 21.2. The van der Waals surface area contributed by atoms with Crippen LogP contribution in [0.2, 0.25) is 0 Å². The molecule has 0 saturated heterocycles. The summed E-state index contributed by atoms with van der Waals surface area (Å²) in [5, 5.41) is 10.9. The number of nitrogens with one attached hydrogen (secondary N) is 1. The van der Waals surface area contributed by atoms with Gasteiger partial charge in [0, 0.05) is 0 Å². The number of carbonyl (C=O) groups excluding carboxylic acids is 2. The van der Waals surface area contributed by atoms with Crippen LogP contribution >= 0.6 is 23.1 Å². The van der Waals surface area contributed by atoms with E-state index in [0.717, 1.165) is 11.1 Å². The van der Waals surface area contributed by atoms with Crippen LogP contribution in [0, 0.1) is 6.92 Å². The van der Waals surface area contributed by atoms with E-state index in [1.807, 2.05) is 25.1 Å². The Hall–Kier alpha value is -2.13. The number of rotatable bonds is 8. The second-order valence-electron chi connectivity index (χ2n) is 6.18. The highest BCUT2D eigenvalue weighted by Gasteiger charge is 2.19. The van der Waals surface area contributed by atoms with E-state index in [2.05, 4.69) is 34.1 Å². The summed E-state index contributed by atoms with van der Waals surface area (Å²) in [4.78, 5) is 23.6. The molecule has 0 spiro atoms. The Morgan fingerprint density at radius 2 is 2.00 bits per heavy atom. The fourth-order valence-electron chi connectivity index (χ4n) is 2.17. The van der Waals surface area contributed by atoms with Gasteiger partial charge in [0.25, 0.3) is 5.91 Å². The van der Waals surface area contributed by atoms with E-state index in [9.17, 15) is 9.59 Å². The van der Waals surface area contributed by atoms with Crippen LogP contribution in [0.15, 0.2) is 22.5 Å². The molecule has 0 fully saturated rings. The van der Waals surface area contributed by atoms with E-state index >= 15 is 0 Å². The van der Waals surface area contributed by atoms with Crippen LogP contribution in [0.5, 0.6) is 5.75 Å². The van der Waals surface area contributed by atoms with Gasteiger partial charge in [0.15, 0.2) is 10.4 Å². The zero-order chi connectivity index (χ0) is 20.0. The van der Waals surface area contributed by atoms with E-state index in [-0.39, 0.29) is 23.5 Å². The van der Waals surface area contributed by atoms with E-state index in [0.29, 0.717) is 15.2 Å². The Morgan fingerprint density at radius 1 is 1.26 bits per heavy atom. The predicted octanol–water partition coefficient (Wildman–Crippen LogP) is 3.64. The third kappa shape index (κ3) is 6.21. The van der Waals surface area contributed by atoms with Gasteiger partial charge < -0.3 is 9.47 Å². The first-order valence-electron chi connectivity index (χ1n) is 8.41. The van der Waals surface area contributed by atoms with Crippen molar-refractivity contribution < 1.29 is 19.1 Å². The third-order valence-electron chi connectivity index (χ3n) is 3.64. The molecule has 2 rings (SSSR count). The van der Waals surface area contributed by atoms with Crippen LogP contribution in [0.4, 0.5) is 5.13 Å². The molecule has 0 aliphatic carbocycles. The van der Waals surface area contributed by atoms with E-state index in [1.54, 1.807) is 6.92 Å². The highest BCUT2D eigenvalue weighted by molar-refractivity contribution is 8.01. The maximum Gasteiger partial charge on any atom is 0.316 e. The number of amides is 1. The first-order chi connectivity index (χ1) is 12.8. The standard InChI is InChI=1S/C18H23N3O4S2/c1-10(2)13-7-6-11(3)8-14(13)25-12(4)16(23)19-17-20-21-18(27-17)26-9-15(22)24-5/h6-8,10,12H,9H2,1-5H3,(H,19,20,23). The van der Waals surface area contributed by atoms with Crippen LogP contribution in [0.3, 0.4) is 0 Å². The number of nitrogens with zero attached hydrogens (tertiary/aromatic N) is 2. The van der Waals surface area contributed by atoms with Crippen molar-refractivity contribution >= 4 is 40.1 Å². The Balaban J connectivity index is 1.97. The molecule has 0 saturated carbocycles. The van der Waals surface area contributed by atoms with Crippen molar-refractivity contribution in [3.8, 4) is 5.75 Å². The molecule has 1 heterocycles. The van der Waals surface area contributed by atoms with Crippen LogP contribution < -0.4 is 10.1 Å². The average Bonchev–Trinajstić information content (AvgIpc) is 3.06. The molecular weight excluding hydrogens is 386 g/mol. The molecule has 2 aromatic rings. The maximum absolute atomic E-state index is 12.4. The second kappa shape index (κ2) is 9.70. The molecule has 1 aromatic heterocycles. The SMILES string of the molecule is COC(=O)CSc1nnc(NC(=O)C(C)Oc2cc(C)ccc2C(C)C)s1. The maximum atomic E-state index is 12.4. The van der Waals surface area contributed by atoms with Gasteiger partial charge in [0.05, 0.1) is 12.9 Å². The van der Waals surface area contributed by atoms with Crippen molar-refractivity contribution in [1.82, 2.24) is 10.2 Å². The smallest absolute Gasteiger partial charge is 0.316 e. The highest BCUT2D eigenvalue weighted by Crippen LogP contribution is 2.29. The zero-order valence-electron chi connectivity index (χ0n) is 15.9. The van der Waals surface area contributed by atoms with E-state index < -0.39 is 6.10 Å². The number of esters is 1. The molecule has 146 valence electrons. The normalized spacial score (nSPS) is 11.9. The Kier molecular flexibility index (Phi) is 7.61. The molecule has 1 atom stereocenters. The summed E-state index contributed by atoms with van der Waals surface area (Å²) in [5.41, 5.74) is 2.12. The molecule has 27 heavy (non-hydrogen) atoms. The van der Waals surface area contributed by atoms with Crippen LogP contribution in [-0.4, -0.2) is 41.0 Å². The molecule has 0 bridgehead atoms. The summed E-state index contributed by atoms with van der Waals surface area (Å²) in [6.45, 7) is 7.83. The van der Waals surface area contributed by atoms with Crippen LogP contribution in [0.25, 0.3) is 0 Å². The monoisotopic (exact) mass is 409 g/mol. The Morgan fingerprint density at radius 3 is 2.67 bits per heavy atom. The average molecular weight is 410 g/mol. The lowest BCUT2D eigenvalue weighted by Gasteiger charge is -2.18. The number of anilines is 1. The summed E-state index contributed by atoms with van der Waals surface area (Å²) in [5.74, 6) is 0.477. The lowest BCUT2D eigenvalue weighted by atomic mass is 10.0. The lowest BCUT2D eigenvalue weighted by Crippen LogP contribution is -2.30. The molecule has 0 aliphatic rings. The summed E-state index contributed by atoms with van der Waals surface area (Å²) >= 11 is 2.40. The van der Waals surface area contributed by atoms with Crippen LogP contribution in [-0.2, 0) is 14.3 Å². The zero-order valence-corrected chi connectivity index (χ0v) is 17.6. The number of aromatic nitrogens is 2. The van der Waals surface area contributed by atoms with Gasteiger partial charge in [-0.1, -0.05) is 49.1 Å². The van der Waals surface area contributed by atoms with Crippen molar-refractivity contribution in [2.45, 2.75) is 44.1 Å². The molecular formula is C18H23N3O4S2. The lowest BCUT2D eigenvalue weighted by molar-refractivity contribution is -0.137. The fourth-order valence-corrected chi connectivity index (χ4v) is 3.76. The van der Waals surface area contributed by atoms with Gasteiger partial charge in [-0.15, -0.1) is 10.2 Å². The number of aryl methyl sites for hydroxylation is 1. The number of benzene rings is 1. The summed E-state index contributed by atoms with van der Waals surface area (Å²) < 4.78 is 11.1. The van der Waals surface area contributed by atoms with Gasteiger partial charge in [-0.2, -0.15) is 0 Å². The molecule has 0 radical (unpaired) electrons. The third-order valence-corrected chi connectivity index (χ3v) is 5.59. The number of carbonyl (C=O) groups is 2. The van der Waals surface area contributed by atoms with Crippen molar-refractivity contribution in [3.63, 3.8) is 0 Å². The fraction of sp³-hybridized carbons (Fsp3) is 0.444. The summed E-state index contributed by atoms with van der Waals surface area (Å²) in [6, 6.07) is 5.99. The van der Waals surface area contributed by atoms with Crippen molar-refractivity contribution in [2.24, 2.45) is 0 Å². The van der Waals surface area contributed by atoms with Gasteiger partial charge in [0.2, 0.25) is 5.13 Å². The number of ether oxygens (including phenoxy) is 2. The molecule has 1 aromatic carbocycles. The summed E-state index contributed by atoms with van der Waals surface area (Å²) in [6.07, 6.45) is -0.695. The topological polar surface area (TPSA) is 90.4 Å². The Bertz CT molecular complexity index is 808. The van der Waals surface area contributed by atoms with Gasteiger partial charge in [-0.05, 0) is 37.0 Å². The van der Waals surface area contributed by atoms with Gasteiger partial charge in [-0.3, -0.25) is 14.9 Å². The van der Waals surface area contributed by atoms with Crippen molar-refractivity contribution in [3.05, 3.63) is 29.3 Å². The van der Waals surface area contributed by atoms with E-state index in [1.165, 1.54) is 30.2 Å². The number of methoxy groups -OCH3 is 1. The van der Waals surface area contributed by atoms with Crippen molar-refractivity contribution in [1.29, 1.82) is 0 Å². The first-order valence-corrected chi connectivity index (χ1v) is 10.2. The number of hydrogen-bond donors (Lipinski definition) is 1. The van der Waals surface area contributed by atoms with Gasteiger partial charge in [0.1, 0.15) is 5.75 Å². The molecule has 1 amide bonds. The minimum absolute atomic E-state index is 0.143. The molecule has 7 nitrogen and oxygen atoms in total. The van der Waals surface area contributed by atoms with Crippen LogP contribution in [0.1, 0.15) is 37.8 Å². The molecule has 1 N–H and O–H groups in total. The molecule has 1 unspecified atom stereocenters. The minimum atomic E-state index is -0.695. The van der Waals surface area contributed by atoms with Gasteiger partial charge >= 0.3 is 5.97 Å². The number of thioether (sulfide) groups is 1. The highest BCUT2D eigenvalue weighted by atomic mass is 32.2. The Labute approximate surface area is 166 Å². The summed E-state index contributed by atoms with van der Waals surface area (Å²) in [7, 11) is 1.33. The largest absolute Gasteiger partial charge is 0.481 e. The van der Waals surface area contributed by atoms with Crippen molar-refractivity contribution in [2.75, 3.05) is 18.2 Å².